The molecule has 0 nitrogen and oxygen atoms in total. The summed E-state index contributed by atoms with van der Waals surface area (Å²) in [5, 5.41) is 5.38. The standard InChI is InChI=1S/C49H41I/c1-2-12-35-30-37(25-27-39(35)36-24-23-32-13-3-4-15-34(32)29-36)48-43-18-7-9-20-45(43)49(46-21-10-8-19-44(46)48)38-26-28-42(47(50)31-38)41-22-11-16-33-14-5-6-17-40(33)41/h3-11,13-25,27,29-31,33,40,43,45H,2,12,26,28H2,1H3. The molecule has 0 radical (unpaired) electrons. The highest BCUT2D eigenvalue weighted by molar-refractivity contribution is 14.1. The number of fused-ring (bicyclic) bond motifs is 4. The summed E-state index contributed by atoms with van der Waals surface area (Å²) in [4.78, 5) is 0. The quantitative estimate of drug-likeness (QED) is 0.172. The van der Waals surface area contributed by atoms with Crippen molar-refractivity contribution in [1.82, 2.24) is 0 Å². The molecule has 5 aliphatic rings. The van der Waals surface area contributed by atoms with E-state index in [1.165, 1.54) is 74.9 Å². The molecule has 0 saturated heterocycles. The van der Waals surface area contributed by atoms with Gasteiger partial charge in [0.05, 0.1) is 0 Å². The molecule has 50 heavy (non-hydrogen) atoms. The first-order valence-electron chi connectivity index (χ1n) is 18.3. The Morgan fingerprint density at radius 3 is 2.10 bits per heavy atom. The Hall–Kier alpha value is -4.47. The Morgan fingerprint density at radius 1 is 0.620 bits per heavy atom. The molecular weight excluding hydrogens is 715 g/mol. The maximum Gasteiger partial charge on any atom is 0.0168 e. The van der Waals surface area contributed by atoms with Crippen LogP contribution in [-0.4, -0.2) is 0 Å². The van der Waals surface area contributed by atoms with Crippen molar-refractivity contribution >= 4 is 44.5 Å². The van der Waals surface area contributed by atoms with Gasteiger partial charge in [0.15, 0.2) is 0 Å². The summed E-state index contributed by atoms with van der Waals surface area (Å²) in [7, 11) is 0. The second-order valence-corrected chi connectivity index (χ2v) is 15.4. The molecule has 244 valence electrons. The molecule has 1 heteroatoms. The van der Waals surface area contributed by atoms with Crippen LogP contribution < -0.4 is 10.4 Å². The maximum absolute atomic E-state index is 2.63. The van der Waals surface area contributed by atoms with E-state index in [1.54, 1.807) is 0 Å². The first kappa shape index (κ1) is 31.5. The third-order valence-electron chi connectivity index (χ3n) is 11.4. The van der Waals surface area contributed by atoms with Crippen LogP contribution in [0.3, 0.4) is 0 Å². The third kappa shape index (κ3) is 5.51. The molecule has 0 aromatic heterocycles. The van der Waals surface area contributed by atoms with Crippen molar-refractivity contribution in [2.45, 2.75) is 32.6 Å². The Morgan fingerprint density at radius 2 is 1.30 bits per heavy atom. The van der Waals surface area contributed by atoms with Gasteiger partial charge >= 0.3 is 0 Å². The number of hydrogen-bond acceptors (Lipinski definition) is 0. The summed E-state index contributed by atoms with van der Waals surface area (Å²) in [5.74, 6) is 1.52. The number of rotatable bonds is 6. The topological polar surface area (TPSA) is 0 Å². The van der Waals surface area contributed by atoms with Crippen molar-refractivity contribution in [2.75, 3.05) is 0 Å². The van der Waals surface area contributed by atoms with Crippen LogP contribution in [0.25, 0.3) is 33.0 Å². The minimum atomic E-state index is 0.293. The van der Waals surface area contributed by atoms with Crippen LogP contribution in [0.2, 0.25) is 0 Å². The Kier molecular flexibility index (Phi) is 8.41. The van der Waals surface area contributed by atoms with E-state index < -0.39 is 0 Å². The fourth-order valence-electron chi connectivity index (χ4n) is 9.09. The molecule has 4 aromatic carbocycles. The molecule has 0 spiro atoms. The lowest BCUT2D eigenvalue weighted by atomic mass is 9.68. The van der Waals surface area contributed by atoms with Gasteiger partial charge < -0.3 is 0 Å². The van der Waals surface area contributed by atoms with Gasteiger partial charge in [-0.25, -0.2) is 0 Å². The van der Waals surface area contributed by atoms with E-state index in [4.69, 9.17) is 0 Å². The molecule has 0 fully saturated rings. The monoisotopic (exact) mass is 756 g/mol. The smallest absolute Gasteiger partial charge is 0.0168 e. The van der Waals surface area contributed by atoms with Gasteiger partial charge in [0, 0.05) is 27.3 Å². The number of halogens is 1. The van der Waals surface area contributed by atoms with Crippen LogP contribution in [0.1, 0.15) is 37.3 Å². The average Bonchev–Trinajstić information content (AvgIpc) is 3.16. The molecule has 0 aliphatic heterocycles. The first-order valence-corrected chi connectivity index (χ1v) is 19.4. The molecular formula is C49H41I. The van der Waals surface area contributed by atoms with Crippen molar-refractivity contribution in [1.29, 1.82) is 0 Å². The first-order chi connectivity index (χ1) is 24.7. The summed E-state index contributed by atoms with van der Waals surface area (Å²) >= 11 is 2.63. The fraction of sp³-hybridized carbons (Fsp3) is 0.184. The van der Waals surface area contributed by atoms with Gasteiger partial charge in [-0.1, -0.05) is 159 Å². The molecule has 0 N–H and O–H groups in total. The summed E-state index contributed by atoms with van der Waals surface area (Å²) < 4.78 is 1.40. The van der Waals surface area contributed by atoms with Crippen LogP contribution in [0.4, 0.5) is 0 Å². The zero-order valence-electron chi connectivity index (χ0n) is 28.5. The normalized spacial score (nSPS) is 23.5. The Balaban J connectivity index is 1.19. The summed E-state index contributed by atoms with van der Waals surface area (Å²) in [6.07, 6.45) is 32.5. The number of allylic oxidation sites excluding steroid dienone is 16. The van der Waals surface area contributed by atoms with Gasteiger partial charge in [-0.05, 0) is 125 Å². The van der Waals surface area contributed by atoms with Crippen LogP contribution in [0.15, 0.2) is 178 Å². The van der Waals surface area contributed by atoms with Crippen molar-refractivity contribution < 1.29 is 0 Å². The predicted molar refractivity (Wildman–Crippen MR) is 221 cm³/mol. The van der Waals surface area contributed by atoms with E-state index in [0.717, 1.165) is 25.7 Å². The summed E-state index contributed by atoms with van der Waals surface area (Å²) in [6, 6.07) is 32.2. The number of benzene rings is 4. The molecule has 4 atom stereocenters. The zero-order valence-corrected chi connectivity index (χ0v) is 30.7. The number of hydrogen-bond donors (Lipinski definition) is 0. The second kappa shape index (κ2) is 13.3. The highest BCUT2D eigenvalue weighted by atomic mass is 127. The average molecular weight is 757 g/mol. The van der Waals surface area contributed by atoms with Crippen molar-refractivity contribution in [3.63, 3.8) is 0 Å². The summed E-state index contributed by atoms with van der Waals surface area (Å²) in [5.41, 5.74) is 12.9. The molecule has 0 saturated carbocycles. The SMILES string of the molecule is CCCc1cc(C2=c3ccccc3=C(C3=CC(I)=C(C4=CC=CC5C=CC=CC45)CC3)C3C=CC=CC23)ccc1-c1ccc2ccccc2c1. The Labute approximate surface area is 309 Å². The van der Waals surface area contributed by atoms with Gasteiger partial charge in [-0.15, -0.1) is 0 Å². The van der Waals surface area contributed by atoms with Crippen molar-refractivity contribution in [3.8, 4) is 11.1 Å². The van der Waals surface area contributed by atoms with Crippen molar-refractivity contribution in [3.05, 3.63) is 200 Å². The molecule has 0 bridgehead atoms. The van der Waals surface area contributed by atoms with Crippen LogP contribution in [0, 0.1) is 23.7 Å². The van der Waals surface area contributed by atoms with Crippen LogP contribution in [0.5, 0.6) is 0 Å². The largest absolute Gasteiger partial charge is 0.0767 e. The molecule has 5 aliphatic carbocycles. The molecule has 9 rings (SSSR count). The van der Waals surface area contributed by atoms with Crippen LogP contribution >= 0.6 is 22.6 Å². The van der Waals surface area contributed by atoms with Gasteiger partial charge in [0.25, 0.3) is 0 Å². The molecule has 0 heterocycles. The molecule has 4 unspecified atom stereocenters. The predicted octanol–water partition coefficient (Wildman–Crippen LogP) is 11.4. The third-order valence-corrected chi connectivity index (χ3v) is 12.3. The molecule has 0 amide bonds. The maximum atomic E-state index is 2.63. The fourth-order valence-corrected chi connectivity index (χ4v) is 10.0. The minimum absolute atomic E-state index is 0.293. The van der Waals surface area contributed by atoms with Gasteiger partial charge in [0.2, 0.25) is 0 Å². The van der Waals surface area contributed by atoms with E-state index in [9.17, 15) is 0 Å². The lowest BCUT2D eigenvalue weighted by Crippen LogP contribution is -2.40. The van der Waals surface area contributed by atoms with Gasteiger partial charge in [-0.3, -0.25) is 0 Å². The van der Waals surface area contributed by atoms with Crippen molar-refractivity contribution in [2.24, 2.45) is 23.7 Å². The highest BCUT2D eigenvalue weighted by Gasteiger charge is 2.34. The zero-order chi connectivity index (χ0) is 33.6. The van der Waals surface area contributed by atoms with E-state index in [1.807, 2.05) is 0 Å². The van der Waals surface area contributed by atoms with Gasteiger partial charge in [0.1, 0.15) is 0 Å². The van der Waals surface area contributed by atoms with Gasteiger partial charge in [-0.2, -0.15) is 0 Å². The second-order valence-electron chi connectivity index (χ2n) is 14.3. The van der Waals surface area contributed by atoms with E-state index in [-0.39, 0.29) is 0 Å². The van der Waals surface area contributed by atoms with E-state index in [0.29, 0.717) is 23.7 Å². The number of aryl methyl sites for hydroxylation is 1. The van der Waals surface area contributed by atoms with E-state index >= 15 is 0 Å². The minimum Gasteiger partial charge on any atom is -0.0767 e. The van der Waals surface area contributed by atoms with Crippen LogP contribution in [-0.2, 0) is 6.42 Å². The lowest BCUT2D eigenvalue weighted by Gasteiger charge is -2.36. The lowest BCUT2D eigenvalue weighted by molar-refractivity contribution is 0.621. The van der Waals surface area contributed by atoms with E-state index in [2.05, 4.69) is 187 Å². The highest BCUT2D eigenvalue weighted by Crippen LogP contribution is 2.47. The summed E-state index contributed by atoms with van der Waals surface area (Å²) in [6.45, 7) is 2.30. The Bertz CT molecular complexity index is 2420. The molecule has 4 aromatic rings.